The lowest BCUT2D eigenvalue weighted by atomic mass is 9.76. The molecule has 1 heterocycles. The van der Waals surface area contributed by atoms with E-state index < -0.39 is 11.5 Å². The topological polar surface area (TPSA) is 61.5 Å². The van der Waals surface area contributed by atoms with Gasteiger partial charge in [-0.1, -0.05) is 13.8 Å². The van der Waals surface area contributed by atoms with Gasteiger partial charge in [-0.3, -0.25) is 0 Å². The number of hydrogen-bond acceptors (Lipinski definition) is 4. The zero-order valence-corrected chi connectivity index (χ0v) is 7.72. The van der Waals surface area contributed by atoms with Crippen LogP contribution in [-0.4, -0.2) is 31.8 Å². The minimum atomic E-state index is -0.984. The van der Waals surface area contributed by atoms with E-state index in [1.807, 2.05) is 13.8 Å². The molecule has 0 spiro atoms. The van der Waals surface area contributed by atoms with Gasteiger partial charge in [-0.2, -0.15) is 0 Å². The SMILES string of the molecule is COC(=O)C1(N)COCC1(C)C. The van der Waals surface area contributed by atoms with Crippen molar-refractivity contribution in [3.05, 3.63) is 0 Å². The first-order valence-corrected chi connectivity index (χ1v) is 3.89. The molecule has 2 N–H and O–H groups in total. The zero-order chi connectivity index (χ0) is 9.41. The van der Waals surface area contributed by atoms with Crippen LogP contribution in [0.15, 0.2) is 0 Å². The van der Waals surface area contributed by atoms with Gasteiger partial charge in [-0.05, 0) is 0 Å². The lowest BCUT2D eigenvalue weighted by Crippen LogP contribution is -2.58. The number of carbonyl (C=O) groups excluding carboxylic acids is 1. The molecule has 1 aliphatic rings. The molecule has 1 atom stereocenters. The highest BCUT2D eigenvalue weighted by atomic mass is 16.5. The van der Waals surface area contributed by atoms with Gasteiger partial charge in [-0.25, -0.2) is 4.79 Å². The Balaban J connectivity index is 2.90. The molecular formula is C8H15NO3. The van der Waals surface area contributed by atoms with E-state index in [1.165, 1.54) is 7.11 Å². The van der Waals surface area contributed by atoms with Crippen molar-refractivity contribution in [2.75, 3.05) is 20.3 Å². The average molecular weight is 173 g/mol. The van der Waals surface area contributed by atoms with Crippen LogP contribution in [0.25, 0.3) is 0 Å². The Labute approximate surface area is 72.0 Å². The summed E-state index contributed by atoms with van der Waals surface area (Å²) in [5.74, 6) is -0.398. The number of methoxy groups -OCH3 is 1. The van der Waals surface area contributed by atoms with Crippen LogP contribution in [0.3, 0.4) is 0 Å². The van der Waals surface area contributed by atoms with Crippen molar-refractivity contribution in [2.24, 2.45) is 11.1 Å². The van der Waals surface area contributed by atoms with E-state index in [1.54, 1.807) is 0 Å². The van der Waals surface area contributed by atoms with Crippen molar-refractivity contribution in [2.45, 2.75) is 19.4 Å². The minimum absolute atomic E-state index is 0.243. The Morgan fingerprint density at radius 2 is 2.08 bits per heavy atom. The van der Waals surface area contributed by atoms with Gasteiger partial charge in [0.05, 0.1) is 20.3 Å². The van der Waals surface area contributed by atoms with Crippen molar-refractivity contribution in [1.29, 1.82) is 0 Å². The second-order valence-corrected chi connectivity index (χ2v) is 3.84. The Morgan fingerprint density at radius 1 is 1.50 bits per heavy atom. The third kappa shape index (κ3) is 1.11. The van der Waals surface area contributed by atoms with Gasteiger partial charge in [0, 0.05) is 5.41 Å². The average Bonchev–Trinajstić information content (AvgIpc) is 2.26. The summed E-state index contributed by atoms with van der Waals surface area (Å²) in [7, 11) is 1.34. The summed E-state index contributed by atoms with van der Waals surface area (Å²) in [6.45, 7) is 4.54. The van der Waals surface area contributed by atoms with Crippen LogP contribution in [0.5, 0.6) is 0 Å². The van der Waals surface area contributed by atoms with Crippen LogP contribution >= 0.6 is 0 Å². The highest BCUT2D eigenvalue weighted by molar-refractivity contribution is 5.82. The molecule has 1 aliphatic heterocycles. The molecule has 4 nitrogen and oxygen atoms in total. The second-order valence-electron chi connectivity index (χ2n) is 3.84. The lowest BCUT2D eigenvalue weighted by molar-refractivity contribution is -0.150. The first kappa shape index (κ1) is 9.48. The summed E-state index contributed by atoms with van der Waals surface area (Å²) >= 11 is 0. The Bertz CT molecular complexity index is 202. The summed E-state index contributed by atoms with van der Waals surface area (Å²) in [6.07, 6.45) is 0. The van der Waals surface area contributed by atoms with Gasteiger partial charge >= 0.3 is 5.97 Å². The molecule has 70 valence electrons. The third-order valence-corrected chi connectivity index (χ3v) is 2.55. The van der Waals surface area contributed by atoms with Crippen molar-refractivity contribution in [3.63, 3.8) is 0 Å². The lowest BCUT2D eigenvalue weighted by Gasteiger charge is -2.32. The fourth-order valence-electron chi connectivity index (χ4n) is 1.31. The van der Waals surface area contributed by atoms with Crippen LogP contribution < -0.4 is 5.73 Å². The monoisotopic (exact) mass is 173 g/mol. The molecule has 0 aliphatic carbocycles. The van der Waals surface area contributed by atoms with E-state index in [0.29, 0.717) is 6.61 Å². The van der Waals surface area contributed by atoms with Crippen LogP contribution in [0.4, 0.5) is 0 Å². The predicted octanol–water partition coefficient (Wildman–Crippen LogP) is -0.0867. The quantitative estimate of drug-likeness (QED) is 0.563. The van der Waals surface area contributed by atoms with Crippen molar-refractivity contribution < 1.29 is 14.3 Å². The van der Waals surface area contributed by atoms with Gasteiger partial charge < -0.3 is 15.2 Å². The normalized spacial score (nSPS) is 33.3. The van der Waals surface area contributed by atoms with Gasteiger partial charge in [0.2, 0.25) is 0 Å². The maximum Gasteiger partial charge on any atom is 0.328 e. The molecule has 1 rings (SSSR count). The fraction of sp³-hybridized carbons (Fsp3) is 0.875. The van der Waals surface area contributed by atoms with Gasteiger partial charge in [-0.15, -0.1) is 0 Å². The summed E-state index contributed by atoms with van der Waals surface area (Å²) in [6, 6.07) is 0. The third-order valence-electron chi connectivity index (χ3n) is 2.55. The fourth-order valence-corrected chi connectivity index (χ4v) is 1.31. The Morgan fingerprint density at radius 3 is 2.42 bits per heavy atom. The number of esters is 1. The smallest absolute Gasteiger partial charge is 0.328 e. The Hall–Kier alpha value is -0.610. The standard InChI is InChI=1S/C8H15NO3/c1-7(2)4-12-5-8(7,9)6(10)11-3/h4-5,9H2,1-3H3. The molecule has 1 saturated heterocycles. The minimum Gasteiger partial charge on any atom is -0.468 e. The summed E-state index contributed by atoms with van der Waals surface area (Å²) in [4.78, 5) is 11.3. The molecule has 4 heteroatoms. The van der Waals surface area contributed by atoms with Crippen LogP contribution in [0, 0.1) is 5.41 Å². The molecule has 0 amide bonds. The highest BCUT2D eigenvalue weighted by Gasteiger charge is 2.53. The van der Waals surface area contributed by atoms with Crippen molar-refractivity contribution in [1.82, 2.24) is 0 Å². The van der Waals surface area contributed by atoms with Crippen molar-refractivity contribution in [3.8, 4) is 0 Å². The van der Waals surface area contributed by atoms with Crippen LogP contribution in [-0.2, 0) is 14.3 Å². The van der Waals surface area contributed by atoms with Crippen LogP contribution in [0.2, 0.25) is 0 Å². The molecule has 0 aromatic heterocycles. The molecule has 0 radical (unpaired) electrons. The van der Waals surface area contributed by atoms with Gasteiger partial charge in [0.25, 0.3) is 0 Å². The van der Waals surface area contributed by atoms with Gasteiger partial charge in [0.15, 0.2) is 0 Å². The van der Waals surface area contributed by atoms with E-state index in [0.717, 1.165) is 0 Å². The first-order chi connectivity index (χ1) is 5.44. The van der Waals surface area contributed by atoms with Gasteiger partial charge in [0.1, 0.15) is 5.54 Å². The summed E-state index contributed by atoms with van der Waals surface area (Å²) in [5, 5.41) is 0. The summed E-state index contributed by atoms with van der Waals surface area (Å²) < 4.78 is 9.80. The number of ether oxygens (including phenoxy) is 2. The maximum atomic E-state index is 11.3. The molecule has 1 fully saturated rings. The number of rotatable bonds is 1. The van der Waals surface area contributed by atoms with E-state index in [4.69, 9.17) is 10.5 Å². The largest absolute Gasteiger partial charge is 0.468 e. The Kier molecular flexibility index (Phi) is 2.14. The number of nitrogens with two attached hydrogens (primary N) is 1. The van der Waals surface area contributed by atoms with Crippen molar-refractivity contribution >= 4 is 5.97 Å². The molecule has 0 bridgehead atoms. The molecule has 1 unspecified atom stereocenters. The maximum absolute atomic E-state index is 11.3. The van der Waals surface area contributed by atoms with Crippen LogP contribution in [0.1, 0.15) is 13.8 Å². The molecule has 0 aromatic carbocycles. The predicted molar refractivity (Wildman–Crippen MR) is 43.5 cm³/mol. The van der Waals surface area contributed by atoms with E-state index in [9.17, 15) is 4.79 Å². The highest BCUT2D eigenvalue weighted by Crippen LogP contribution is 2.35. The number of hydrogen-bond donors (Lipinski definition) is 1. The molecule has 0 saturated carbocycles. The van der Waals surface area contributed by atoms with E-state index >= 15 is 0 Å². The molecule has 12 heavy (non-hydrogen) atoms. The number of carbonyl (C=O) groups is 1. The van der Waals surface area contributed by atoms with E-state index in [2.05, 4.69) is 4.74 Å². The summed E-state index contributed by atoms with van der Waals surface area (Å²) in [5.41, 5.74) is 4.56. The zero-order valence-electron chi connectivity index (χ0n) is 7.72. The van der Waals surface area contributed by atoms with E-state index in [-0.39, 0.29) is 12.0 Å². The molecule has 0 aromatic rings. The first-order valence-electron chi connectivity index (χ1n) is 3.89. The second kappa shape index (κ2) is 2.71. The molecular weight excluding hydrogens is 158 g/mol.